The van der Waals surface area contributed by atoms with Crippen molar-refractivity contribution in [3.05, 3.63) is 53.9 Å². The van der Waals surface area contributed by atoms with Crippen molar-refractivity contribution < 1.29 is 17.9 Å². The van der Waals surface area contributed by atoms with Gasteiger partial charge in [0, 0.05) is 25.4 Å². The predicted molar refractivity (Wildman–Crippen MR) is 117 cm³/mol. The Balaban J connectivity index is 1.43. The largest absolute Gasteiger partial charge is 0.491 e. The lowest BCUT2D eigenvalue weighted by Crippen LogP contribution is -2.46. The minimum Gasteiger partial charge on any atom is -0.491 e. The number of rotatable bonds is 6. The first-order valence-corrected chi connectivity index (χ1v) is 11.7. The molecule has 0 saturated carbocycles. The summed E-state index contributed by atoms with van der Waals surface area (Å²) in [6, 6.07) is 8.80. The van der Waals surface area contributed by atoms with Crippen molar-refractivity contribution in [1.29, 1.82) is 0 Å². The number of pyridine rings is 1. The van der Waals surface area contributed by atoms with Crippen LogP contribution in [0.2, 0.25) is 0 Å². The molecule has 3 heterocycles. The number of aryl methyl sites for hydroxylation is 1. The molecule has 2 aliphatic rings. The zero-order valence-corrected chi connectivity index (χ0v) is 17.8. The zero-order chi connectivity index (χ0) is 21.8. The molecule has 1 aromatic carbocycles. The van der Waals surface area contributed by atoms with E-state index in [9.17, 15) is 13.2 Å². The van der Waals surface area contributed by atoms with Crippen LogP contribution in [0.15, 0.2) is 47.1 Å². The second-order valence-electron chi connectivity index (χ2n) is 7.64. The Kier molecular flexibility index (Phi) is 6.08. The third kappa shape index (κ3) is 4.96. The number of aromatic nitrogens is 1. The standard InChI is InChI=1S/C21H25N5O4S/c22-21-20-17(24-31(28,29)25-21)7-3-8-18(20)30-14-16-6-1-2-12-26(16)19(27)10-9-15-5-4-11-23-13-15/h3-5,7-8,11,13,16,24H,1-2,6,9-10,12,14H2,(H2,22,25). The Hall–Kier alpha value is -3.14. The Morgan fingerprint density at radius 2 is 2.13 bits per heavy atom. The van der Waals surface area contributed by atoms with E-state index in [1.165, 1.54) is 0 Å². The topological polar surface area (TPSA) is 127 Å². The van der Waals surface area contributed by atoms with Crippen molar-refractivity contribution in [2.75, 3.05) is 17.9 Å². The summed E-state index contributed by atoms with van der Waals surface area (Å²) in [7, 11) is -3.85. The number of hydrogen-bond acceptors (Lipinski definition) is 6. The highest BCUT2D eigenvalue weighted by Crippen LogP contribution is 2.31. The Morgan fingerprint density at radius 3 is 2.94 bits per heavy atom. The predicted octanol–water partition coefficient (Wildman–Crippen LogP) is 1.85. The summed E-state index contributed by atoms with van der Waals surface area (Å²) >= 11 is 0. The number of anilines is 1. The lowest BCUT2D eigenvalue weighted by atomic mass is 10.0. The fraction of sp³-hybridized carbons (Fsp3) is 0.381. The summed E-state index contributed by atoms with van der Waals surface area (Å²) in [5.74, 6) is 0.424. The van der Waals surface area contributed by atoms with Gasteiger partial charge in [0.2, 0.25) is 5.91 Å². The van der Waals surface area contributed by atoms with Crippen molar-refractivity contribution >= 4 is 27.6 Å². The molecule has 4 rings (SSSR count). The van der Waals surface area contributed by atoms with Gasteiger partial charge in [-0.3, -0.25) is 14.5 Å². The van der Waals surface area contributed by atoms with Gasteiger partial charge in [-0.2, -0.15) is 8.42 Å². The van der Waals surface area contributed by atoms with Crippen LogP contribution >= 0.6 is 0 Å². The van der Waals surface area contributed by atoms with Gasteiger partial charge in [0.05, 0.1) is 17.3 Å². The number of nitrogens with one attached hydrogen (secondary N) is 1. The van der Waals surface area contributed by atoms with E-state index in [4.69, 9.17) is 10.5 Å². The molecule has 1 aromatic heterocycles. The molecule has 10 heteroatoms. The van der Waals surface area contributed by atoms with Gasteiger partial charge in [-0.25, -0.2) is 0 Å². The number of fused-ring (bicyclic) bond motifs is 1. The Bertz CT molecular complexity index is 1090. The van der Waals surface area contributed by atoms with Crippen molar-refractivity contribution in [2.24, 2.45) is 10.1 Å². The maximum Gasteiger partial charge on any atom is 0.344 e. The average Bonchev–Trinajstić information content (AvgIpc) is 2.76. The van der Waals surface area contributed by atoms with Gasteiger partial charge in [0.25, 0.3) is 0 Å². The zero-order valence-electron chi connectivity index (χ0n) is 17.0. The molecule has 2 aliphatic heterocycles. The Morgan fingerprint density at radius 1 is 1.26 bits per heavy atom. The number of nitrogens with zero attached hydrogens (tertiary/aromatic N) is 3. The van der Waals surface area contributed by atoms with Gasteiger partial charge in [0.15, 0.2) is 5.84 Å². The van der Waals surface area contributed by atoms with Crippen LogP contribution in [0, 0.1) is 0 Å². The Labute approximate surface area is 181 Å². The van der Waals surface area contributed by atoms with E-state index >= 15 is 0 Å². The van der Waals surface area contributed by atoms with Crippen LogP contribution < -0.4 is 15.2 Å². The maximum atomic E-state index is 12.9. The molecule has 0 bridgehead atoms. The third-order valence-corrected chi connectivity index (χ3v) is 6.38. The van der Waals surface area contributed by atoms with Crippen LogP contribution in [0.25, 0.3) is 0 Å². The molecule has 31 heavy (non-hydrogen) atoms. The number of amidine groups is 1. The van der Waals surface area contributed by atoms with Crippen LogP contribution in [0.1, 0.15) is 36.8 Å². The number of ether oxygens (including phenoxy) is 1. The van der Waals surface area contributed by atoms with Crippen molar-refractivity contribution in [1.82, 2.24) is 9.88 Å². The minimum absolute atomic E-state index is 0.0514. The number of hydrogen-bond donors (Lipinski definition) is 2. The van der Waals surface area contributed by atoms with Gasteiger partial charge in [0.1, 0.15) is 12.4 Å². The number of amides is 1. The van der Waals surface area contributed by atoms with Gasteiger partial charge in [-0.05, 0) is 49.4 Å². The fourth-order valence-electron chi connectivity index (χ4n) is 3.97. The van der Waals surface area contributed by atoms with Crippen LogP contribution in [-0.2, 0) is 21.4 Å². The molecular weight excluding hydrogens is 418 g/mol. The van der Waals surface area contributed by atoms with Gasteiger partial charge in [-0.15, -0.1) is 4.40 Å². The molecule has 0 aliphatic carbocycles. The first-order chi connectivity index (χ1) is 14.9. The van der Waals surface area contributed by atoms with E-state index < -0.39 is 10.2 Å². The number of carbonyl (C=O) groups excluding carboxylic acids is 1. The quantitative estimate of drug-likeness (QED) is 0.701. The SMILES string of the molecule is NC1=NS(=O)(=O)Nc2cccc(OCC3CCCCN3C(=O)CCc3cccnc3)c21. The summed E-state index contributed by atoms with van der Waals surface area (Å²) in [6.07, 6.45) is 7.41. The lowest BCUT2D eigenvalue weighted by molar-refractivity contribution is -0.135. The summed E-state index contributed by atoms with van der Waals surface area (Å²) < 4.78 is 35.4. The molecule has 3 N–H and O–H groups in total. The van der Waals surface area contributed by atoms with Crippen molar-refractivity contribution in [2.45, 2.75) is 38.1 Å². The highest BCUT2D eigenvalue weighted by molar-refractivity contribution is 7.91. The average molecular weight is 444 g/mol. The van der Waals surface area contributed by atoms with E-state index in [1.807, 2.05) is 17.0 Å². The lowest BCUT2D eigenvalue weighted by Gasteiger charge is -2.36. The second kappa shape index (κ2) is 8.93. The van der Waals surface area contributed by atoms with Crippen LogP contribution in [0.4, 0.5) is 5.69 Å². The molecule has 0 radical (unpaired) electrons. The van der Waals surface area contributed by atoms with Gasteiger partial charge < -0.3 is 15.4 Å². The molecule has 1 fully saturated rings. The molecule has 1 atom stereocenters. The van der Waals surface area contributed by atoms with E-state index in [-0.39, 0.29) is 17.8 Å². The van der Waals surface area contributed by atoms with Crippen LogP contribution in [0.3, 0.4) is 0 Å². The molecule has 2 aromatic rings. The molecule has 1 amide bonds. The molecule has 1 saturated heterocycles. The number of likely N-dealkylation sites (tertiary alicyclic amines) is 1. The number of nitrogens with two attached hydrogens (primary N) is 1. The van der Waals surface area contributed by atoms with Crippen LogP contribution in [0.5, 0.6) is 5.75 Å². The first kappa shape index (κ1) is 21.1. The van der Waals surface area contributed by atoms with E-state index in [1.54, 1.807) is 30.6 Å². The summed E-state index contributed by atoms with van der Waals surface area (Å²) in [5, 5.41) is 0. The number of carbonyl (C=O) groups is 1. The highest BCUT2D eigenvalue weighted by Gasteiger charge is 2.29. The summed E-state index contributed by atoms with van der Waals surface area (Å²) in [5.41, 5.74) is 7.67. The van der Waals surface area contributed by atoms with E-state index in [2.05, 4.69) is 14.1 Å². The number of piperidine rings is 1. The molecule has 0 spiro atoms. The molecule has 1 unspecified atom stereocenters. The van der Waals surface area contributed by atoms with Gasteiger partial charge in [-0.1, -0.05) is 12.1 Å². The smallest absolute Gasteiger partial charge is 0.344 e. The minimum atomic E-state index is -3.85. The normalized spacial score (nSPS) is 19.7. The molecule has 9 nitrogen and oxygen atoms in total. The first-order valence-electron chi connectivity index (χ1n) is 10.3. The van der Waals surface area contributed by atoms with E-state index in [0.717, 1.165) is 24.8 Å². The number of benzene rings is 1. The maximum absolute atomic E-state index is 12.9. The van der Waals surface area contributed by atoms with Crippen molar-refractivity contribution in [3.63, 3.8) is 0 Å². The van der Waals surface area contributed by atoms with E-state index in [0.29, 0.717) is 43.0 Å². The summed E-state index contributed by atoms with van der Waals surface area (Å²) in [6.45, 7) is 1.01. The molecule has 164 valence electrons. The van der Waals surface area contributed by atoms with Gasteiger partial charge >= 0.3 is 10.2 Å². The van der Waals surface area contributed by atoms with Crippen molar-refractivity contribution in [3.8, 4) is 5.75 Å². The summed E-state index contributed by atoms with van der Waals surface area (Å²) in [4.78, 5) is 18.9. The molecular formula is C21H25N5O4S. The second-order valence-corrected chi connectivity index (χ2v) is 8.98. The highest BCUT2D eigenvalue weighted by atomic mass is 32.2. The monoisotopic (exact) mass is 443 g/mol. The fourth-order valence-corrected chi connectivity index (χ4v) is 4.81. The third-order valence-electron chi connectivity index (χ3n) is 5.47. The van der Waals surface area contributed by atoms with Crippen LogP contribution in [-0.4, -0.2) is 49.2 Å².